The van der Waals surface area contributed by atoms with Crippen LogP contribution in [0.2, 0.25) is 0 Å². The van der Waals surface area contributed by atoms with E-state index in [-0.39, 0.29) is 55.1 Å². The lowest BCUT2D eigenvalue weighted by molar-refractivity contribution is -0.144. The summed E-state index contributed by atoms with van der Waals surface area (Å²) in [5.41, 5.74) is -0.848. The van der Waals surface area contributed by atoms with Crippen molar-refractivity contribution in [3.05, 3.63) is 29.1 Å². The summed E-state index contributed by atoms with van der Waals surface area (Å²) in [7, 11) is 1.66. The third kappa shape index (κ3) is 6.34. The van der Waals surface area contributed by atoms with E-state index in [1.54, 1.807) is 16.9 Å². The number of nitrogens with one attached hydrogen (secondary N) is 1. The van der Waals surface area contributed by atoms with Gasteiger partial charge in [-0.05, 0) is 42.2 Å². The summed E-state index contributed by atoms with van der Waals surface area (Å²) in [4.78, 5) is 34.8. The smallest absolute Gasteiger partial charge is 0.417 e. The van der Waals surface area contributed by atoms with Gasteiger partial charge in [-0.1, -0.05) is 20.8 Å². The van der Waals surface area contributed by atoms with Crippen LogP contribution < -0.4 is 5.32 Å². The number of likely N-dealkylation sites (tertiary alicyclic amines) is 1. The summed E-state index contributed by atoms with van der Waals surface area (Å²) in [5, 5.41) is 3.71. The maximum Gasteiger partial charge on any atom is 0.417 e. The quantitative estimate of drug-likeness (QED) is 0.567. The van der Waals surface area contributed by atoms with Crippen molar-refractivity contribution in [1.29, 1.82) is 0 Å². The lowest BCUT2D eigenvalue weighted by Crippen LogP contribution is -2.52. The molecule has 228 valence electrons. The van der Waals surface area contributed by atoms with Gasteiger partial charge >= 0.3 is 12.3 Å². The number of aromatic nitrogens is 1. The van der Waals surface area contributed by atoms with Gasteiger partial charge in [0.1, 0.15) is 0 Å². The Kier molecular flexibility index (Phi) is 8.30. The first-order valence-electron chi connectivity index (χ1n) is 14.4. The molecule has 5 rings (SSSR count). The molecule has 4 heterocycles. The van der Waals surface area contributed by atoms with Gasteiger partial charge < -0.3 is 29.3 Å². The van der Waals surface area contributed by atoms with Crippen LogP contribution in [0.3, 0.4) is 0 Å². The van der Waals surface area contributed by atoms with Crippen LogP contribution in [0.1, 0.15) is 56.9 Å². The summed E-state index contributed by atoms with van der Waals surface area (Å²) >= 11 is 0. The molecule has 1 saturated carbocycles. The first kappa shape index (κ1) is 30.0. The molecule has 1 N–H and O–H groups in total. The second-order valence-corrected chi connectivity index (χ2v) is 13.2. The number of pyridine rings is 1. The molecule has 0 aromatic carbocycles. The number of hydrogen-bond acceptors (Lipinski definition) is 7. The Morgan fingerprint density at radius 3 is 2.73 bits per heavy atom. The normalized spacial score (nSPS) is 30.2. The highest BCUT2D eigenvalue weighted by Gasteiger charge is 2.60. The number of nitrogens with zero attached hydrogens (tertiary/aromatic N) is 3. The SMILES string of the molecule is COC1COCCC1N[C@H]1C[C@@H]2CN(C(=O)OCC(C)(C)C)C[C@]2(C(=O)N2CCc3ncc(C(F)(F)F)cc3C2)C1. The van der Waals surface area contributed by atoms with Gasteiger partial charge in [0.15, 0.2) is 0 Å². The Labute approximate surface area is 239 Å². The molecule has 0 spiro atoms. The molecule has 1 aliphatic carbocycles. The molecule has 0 radical (unpaired) electrons. The fraction of sp³-hybridized carbons (Fsp3) is 0.759. The molecule has 1 aromatic rings. The molecule has 41 heavy (non-hydrogen) atoms. The third-order valence-corrected chi connectivity index (χ3v) is 8.90. The summed E-state index contributed by atoms with van der Waals surface area (Å²) in [6.45, 7) is 8.41. The number of carbonyl (C=O) groups is 2. The molecule has 5 atom stereocenters. The molecule has 9 nitrogen and oxygen atoms in total. The maximum absolute atomic E-state index is 14.4. The van der Waals surface area contributed by atoms with Crippen molar-refractivity contribution in [2.45, 2.75) is 77.4 Å². The van der Waals surface area contributed by atoms with Crippen LogP contribution in [0.5, 0.6) is 0 Å². The molecule has 3 fully saturated rings. The maximum atomic E-state index is 14.4. The average Bonchev–Trinajstić information content (AvgIpc) is 3.45. The van der Waals surface area contributed by atoms with E-state index in [1.807, 2.05) is 20.8 Å². The first-order valence-corrected chi connectivity index (χ1v) is 14.4. The molecule has 0 bridgehead atoms. The van der Waals surface area contributed by atoms with Crippen molar-refractivity contribution < 1.29 is 37.0 Å². The second-order valence-electron chi connectivity index (χ2n) is 13.2. The van der Waals surface area contributed by atoms with Gasteiger partial charge in [0, 0.05) is 70.3 Å². The zero-order chi connectivity index (χ0) is 29.6. The minimum Gasteiger partial charge on any atom is -0.449 e. The zero-order valence-electron chi connectivity index (χ0n) is 24.3. The zero-order valence-corrected chi connectivity index (χ0v) is 24.3. The number of halogens is 3. The fourth-order valence-electron chi connectivity index (χ4n) is 6.84. The van der Waals surface area contributed by atoms with Gasteiger partial charge in [-0.15, -0.1) is 0 Å². The molecule has 2 amide bonds. The number of methoxy groups -OCH3 is 1. The first-order chi connectivity index (χ1) is 19.3. The summed E-state index contributed by atoms with van der Waals surface area (Å²) < 4.78 is 56.9. The van der Waals surface area contributed by atoms with Crippen molar-refractivity contribution in [1.82, 2.24) is 20.1 Å². The van der Waals surface area contributed by atoms with Crippen molar-refractivity contribution in [2.24, 2.45) is 16.7 Å². The van der Waals surface area contributed by atoms with E-state index in [1.165, 1.54) is 0 Å². The second kappa shape index (κ2) is 11.3. The Morgan fingerprint density at radius 1 is 1.24 bits per heavy atom. The standard InChI is InChI=1S/C29H41F3N4O5/c1-27(2,3)17-41-26(38)36-14-20-10-21(34-23-6-8-40-15-24(23)39-4)11-28(20,16-36)25(37)35-7-5-22-18(13-35)9-19(12-33-22)29(30,31)32/h9,12,20-21,23-24,34H,5-8,10-11,13-17H2,1-4H3/t20-,21+,23?,24?,28-/m1/s1. The third-order valence-electron chi connectivity index (χ3n) is 8.90. The predicted molar refractivity (Wildman–Crippen MR) is 143 cm³/mol. The van der Waals surface area contributed by atoms with Crippen LogP contribution in [0.25, 0.3) is 0 Å². The lowest BCUT2D eigenvalue weighted by Gasteiger charge is -2.37. The molecule has 2 saturated heterocycles. The minimum atomic E-state index is -4.51. The molecular formula is C29H41F3N4O5. The van der Waals surface area contributed by atoms with Crippen molar-refractivity contribution in [3.8, 4) is 0 Å². The largest absolute Gasteiger partial charge is 0.449 e. The number of ether oxygens (including phenoxy) is 3. The molecule has 4 aliphatic rings. The van der Waals surface area contributed by atoms with Crippen molar-refractivity contribution in [2.75, 3.05) is 46.6 Å². The van der Waals surface area contributed by atoms with E-state index in [4.69, 9.17) is 14.2 Å². The van der Waals surface area contributed by atoms with E-state index < -0.39 is 23.2 Å². The number of hydrogen-bond donors (Lipinski definition) is 1. The number of amides is 2. The van der Waals surface area contributed by atoms with E-state index in [2.05, 4.69) is 10.3 Å². The van der Waals surface area contributed by atoms with E-state index in [0.29, 0.717) is 56.8 Å². The van der Waals surface area contributed by atoms with Crippen LogP contribution in [-0.2, 0) is 38.1 Å². The minimum absolute atomic E-state index is 0.0352. The van der Waals surface area contributed by atoms with E-state index in [9.17, 15) is 22.8 Å². The molecule has 12 heteroatoms. The molecule has 3 aliphatic heterocycles. The highest BCUT2D eigenvalue weighted by molar-refractivity contribution is 5.86. The number of fused-ring (bicyclic) bond motifs is 2. The van der Waals surface area contributed by atoms with E-state index in [0.717, 1.165) is 18.7 Å². The van der Waals surface area contributed by atoms with Gasteiger partial charge in [0.05, 0.1) is 30.3 Å². The topological polar surface area (TPSA) is 93.2 Å². The molecule has 1 aromatic heterocycles. The predicted octanol–water partition coefficient (Wildman–Crippen LogP) is 3.64. The van der Waals surface area contributed by atoms with Crippen LogP contribution in [0, 0.1) is 16.7 Å². The Hall–Kier alpha value is -2.44. The van der Waals surface area contributed by atoms with Crippen LogP contribution in [0.15, 0.2) is 12.3 Å². The summed E-state index contributed by atoms with van der Waals surface area (Å²) in [6.07, 6.45) is -1.76. The average molecular weight is 583 g/mol. The highest BCUT2D eigenvalue weighted by Crippen LogP contribution is 2.51. The monoisotopic (exact) mass is 582 g/mol. The van der Waals surface area contributed by atoms with E-state index >= 15 is 0 Å². The van der Waals surface area contributed by atoms with Crippen LogP contribution >= 0.6 is 0 Å². The Bertz CT molecular complexity index is 1140. The fourth-order valence-corrected chi connectivity index (χ4v) is 6.84. The number of rotatable bonds is 5. The number of carbonyl (C=O) groups excluding carboxylic acids is 2. The van der Waals surface area contributed by atoms with Gasteiger partial charge in [-0.3, -0.25) is 9.78 Å². The van der Waals surface area contributed by atoms with Crippen molar-refractivity contribution >= 4 is 12.0 Å². The van der Waals surface area contributed by atoms with Gasteiger partial charge in [-0.2, -0.15) is 13.2 Å². The van der Waals surface area contributed by atoms with Crippen molar-refractivity contribution in [3.63, 3.8) is 0 Å². The lowest BCUT2D eigenvalue weighted by atomic mass is 9.78. The Morgan fingerprint density at radius 2 is 2.02 bits per heavy atom. The molecular weight excluding hydrogens is 541 g/mol. The van der Waals surface area contributed by atoms with Gasteiger partial charge in [-0.25, -0.2) is 4.79 Å². The van der Waals surface area contributed by atoms with Gasteiger partial charge in [0.2, 0.25) is 5.91 Å². The molecule has 2 unspecified atom stereocenters. The Balaban J connectivity index is 1.36. The number of alkyl halides is 3. The summed E-state index contributed by atoms with van der Waals surface area (Å²) in [5.74, 6) is -0.215. The highest BCUT2D eigenvalue weighted by atomic mass is 19.4. The summed E-state index contributed by atoms with van der Waals surface area (Å²) in [6, 6.07) is 1.23. The van der Waals surface area contributed by atoms with Crippen LogP contribution in [0.4, 0.5) is 18.0 Å². The van der Waals surface area contributed by atoms with Gasteiger partial charge in [0.25, 0.3) is 0 Å². The van der Waals surface area contributed by atoms with Crippen LogP contribution in [-0.4, -0.2) is 91.5 Å².